The van der Waals surface area contributed by atoms with E-state index >= 15 is 0 Å². The molecular weight excluding hydrogens is 449 g/mol. The molecule has 25 heavy (non-hydrogen) atoms. The van der Waals surface area contributed by atoms with E-state index in [9.17, 15) is 5.11 Å². The SMILES string of the molecule is I.NC(=NCC(CO)c1ccccc1)N1CCN(c2nccs2)CC1. The summed E-state index contributed by atoms with van der Waals surface area (Å²) >= 11 is 1.66. The number of nitrogens with zero attached hydrogens (tertiary/aromatic N) is 4. The smallest absolute Gasteiger partial charge is 0.191 e. The van der Waals surface area contributed by atoms with Crippen molar-refractivity contribution in [3.05, 3.63) is 47.5 Å². The van der Waals surface area contributed by atoms with Gasteiger partial charge in [0.2, 0.25) is 0 Å². The number of hydrogen-bond acceptors (Lipinski definition) is 5. The van der Waals surface area contributed by atoms with Gasteiger partial charge in [0, 0.05) is 43.7 Å². The van der Waals surface area contributed by atoms with Crippen molar-refractivity contribution in [3.63, 3.8) is 0 Å². The van der Waals surface area contributed by atoms with Crippen molar-refractivity contribution in [1.29, 1.82) is 0 Å². The van der Waals surface area contributed by atoms with Crippen molar-refractivity contribution >= 4 is 46.4 Å². The lowest BCUT2D eigenvalue weighted by atomic mass is 10.0. The topological polar surface area (TPSA) is 78.0 Å². The van der Waals surface area contributed by atoms with Crippen LogP contribution in [-0.4, -0.2) is 60.3 Å². The lowest BCUT2D eigenvalue weighted by Crippen LogP contribution is -2.51. The van der Waals surface area contributed by atoms with E-state index in [4.69, 9.17) is 5.73 Å². The fourth-order valence-corrected chi connectivity index (χ4v) is 3.49. The first-order chi connectivity index (χ1) is 11.8. The van der Waals surface area contributed by atoms with Crippen LogP contribution < -0.4 is 10.6 Å². The number of halogens is 1. The number of piperazine rings is 1. The molecule has 0 bridgehead atoms. The van der Waals surface area contributed by atoms with E-state index < -0.39 is 0 Å². The highest BCUT2D eigenvalue weighted by Gasteiger charge is 2.20. The maximum Gasteiger partial charge on any atom is 0.191 e. The predicted octanol–water partition coefficient (Wildman–Crippen LogP) is 1.97. The van der Waals surface area contributed by atoms with E-state index in [-0.39, 0.29) is 36.5 Å². The molecule has 1 aliphatic heterocycles. The summed E-state index contributed by atoms with van der Waals surface area (Å²) in [5.41, 5.74) is 7.24. The van der Waals surface area contributed by atoms with Crippen LogP contribution in [0, 0.1) is 0 Å². The van der Waals surface area contributed by atoms with E-state index in [1.165, 1.54) is 0 Å². The van der Waals surface area contributed by atoms with Crippen LogP contribution in [-0.2, 0) is 0 Å². The lowest BCUT2D eigenvalue weighted by Gasteiger charge is -2.35. The number of aliphatic hydroxyl groups is 1. The first kappa shape index (κ1) is 19.9. The van der Waals surface area contributed by atoms with Gasteiger partial charge < -0.3 is 20.6 Å². The average molecular weight is 473 g/mol. The van der Waals surface area contributed by atoms with Crippen molar-refractivity contribution in [2.75, 3.05) is 44.2 Å². The molecule has 1 saturated heterocycles. The second-order valence-electron chi connectivity index (χ2n) is 5.78. The number of guanidine groups is 1. The third kappa shape index (κ3) is 5.29. The number of nitrogens with two attached hydrogens (primary N) is 1. The minimum absolute atomic E-state index is 0. The molecule has 1 aromatic carbocycles. The zero-order chi connectivity index (χ0) is 16.8. The Morgan fingerprint density at radius 1 is 1.24 bits per heavy atom. The van der Waals surface area contributed by atoms with Crippen molar-refractivity contribution < 1.29 is 5.11 Å². The van der Waals surface area contributed by atoms with Gasteiger partial charge in [-0.05, 0) is 5.56 Å². The van der Waals surface area contributed by atoms with Gasteiger partial charge in [-0.1, -0.05) is 30.3 Å². The third-order valence-electron chi connectivity index (χ3n) is 4.26. The van der Waals surface area contributed by atoms with Gasteiger partial charge in [0.15, 0.2) is 11.1 Å². The van der Waals surface area contributed by atoms with Gasteiger partial charge in [0.1, 0.15) is 0 Å². The number of aromatic nitrogens is 1. The highest BCUT2D eigenvalue weighted by atomic mass is 127. The van der Waals surface area contributed by atoms with Crippen LogP contribution >= 0.6 is 35.3 Å². The second kappa shape index (κ2) is 9.93. The number of aliphatic imine (C=N–C) groups is 1. The molecule has 0 amide bonds. The Morgan fingerprint density at radius 2 is 1.96 bits per heavy atom. The van der Waals surface area contributed by atoms with Gasteiger partial charge in [-0.3, -0.25) is 4.99 Å². The highest BCUT2D eigenvalue weighted by Crippen LogP contribution is 2.19. The largest absolute Gasteiger partial charge is 0.396 e. The second-order valence-corrected chi connectivity index (χ2v) is 6.65. The number of rotatable bonds is 5. The van der Waals surface area contributed by atoms with Gasteiger partial charge in [-0.25, -0.2) is 4.98 Å². The molecule has 1 fully saturated rings. The minimum atomic E-state index is -0.0126. The van der Waals surface area contributed by atoms with Gasteiger partial charge in [-0.15, -0.1) is 35.3 Å². The zero-order valence-electron chi connectivity index (χ0n) is 14.0. The van der Waals surface area contributed by atoms with E-state index in [2.05, 4.69) is 19.8 Å². The summed E-state index contributed by atoms with van der Waals surface area (Å²) in [6.07, 6.45) is 1.83. The van der Waals surface area contributed by atoms with E-state index in [0.717, 1.165) is 36.9 Å². The van der Waals surface area contributed by atoms with Crippen LogP contribution in [0.1, 0.15) is 11.5 Å². The Kier molecular flexibility index (Phi) is 7.91. The number of benzene rings is 1. The Labute approximate surface area is 169 Å². The van der Waals surface area contributed by atoms with Crippen LogP contribution in [0.15, 0.2) is 46.9 Å². The van der Waals surface area contributed by atoms with E-state index in [1.807, 2.05) is 41.9 Å². The summed E-state index contributed by atoms with van der Waals surface area (Å²) in [5, 5.41) is 12.7. The molecule has 8 heteroatoms. The predicted molar refractivity (Wildman–Crippen MR) is 114 cm³/mol. The average Bonchev–Trinajstić information content (AvgIpc) is 3.18. The van der Waals surface area contributed by atoms with Gasteiger partial charge in [0.25, 0.3) is 0 Å². The fraction of sp³-hybridized carbons (Fsp3) is 0.412. The molecule has 0 aliphatic carbocycles. The normalized spacial score (nSPS) is 16.4. The number of anilines is 1. The summed E-state index contributed by atoms with van der Waals surface area (Å²) < 4.78 is 0. The zero-order valence-corrected chi connectivity index (χ0v) is 17.1. The minimum Gasteiger partial charge on any atom is -0.396 e. The van der Waals surface area contributed by atoms with Crippen molar-refractivity contribution in [1.82, 2.24) is 9.88 Å². The number of hydrogen-bond donors (Lipinski definition) is 2. The van der Waals surface area contributed by atoms with E-state index in [1.54, 1.807) is 11.3 Å². The van der Waals surface area contributed by atoms with Crippen LogP contribution in [0.3, 0.4) is 0 Å². The Balaban J connectivity index is 0.00000225. The molecule has 0 saturated carbocycles. The van der Waals surface area contributed by atoms with E-state index in [0.29, 0.717) is 12.5 Å². The van der Waals surface area contributed by atoms with Gasteiger partial charge >= 0.3 is 0 Å². The molecule has 3 rings (SSSR count). The molecular formula is C17H24IN5OS. The van der Waals surface area contributed by atoms with Crippen molar-refractivity contribution in [2.45, 2.75) is 5.92 Å². The molecule has 1 atom stereocenters. The summed E-state index contributed by atoms with van der Waals surface area (Å²) in [4.78, 5) is 13.2. The number of aliphatic hydroxyl groups excluding tert-OH is 1. The van der Waals surface area contributed by atoms with Crippen LogP contribution in [0.25, 0.3) is 0 Å². The summed E-state index contributed by atoms with van der Waals surface area (Å²) in [5.74, 6) is 0.546. The van der Waals surface area contributed by atoms with Crippen molar-refractivity contribution in [2.24, 2.45) is 10.7 Å². The Bertz CT molecular complexity index is 644. The fourth-order valence-electron chi connectivity index (χ4n) is 2.80. The lowest BCUT2D eigenvalue weighted by molar-refractivity contribution is 0.267. The standard InChI is InChI=1S/C17H23N5OS.HI/c18-16(20-12-15(13-23)14-4-2-1-3-5-14)21-7-9-22(10-8-21)17-19-6-11-24-17;/h1-6,11,15,23H,7-10,12-13H2,(H2,18,20);1H. The Hall–Kier alpha value is -1.39. The monoisotopic (exact) mass is 473 g/mol. The number of thiazole rings is 1. The summed E-state index contributed by atoms with van der Waals surface area (Å²) in [6, 6.07) is 9.95. The molecule has 3 N–H and O–H groups in total. The molecule has 1 unspecified atom stereocenters. The first-order valence-corrected chi connectivity index (χ1v) is 9.01. The van der Waals surface area contributed by atoms with Gasteiger partial charge in [0.05, 0.1) is 13.2 Å². The molecule has 2 aromatic rings. The molecule has 0 spiro atoms. The van der Waals surface area contributed by atoms with Gasteiger partial charge in [-0.2, -0.15) is 0 Å². The molecule has 1 aliphatic rings. The maximum absolute atomic E-state index is 9.61. The molecule has 6 nitrogen and oxygen atoms in total. The van der Waals surface area contributed by atoms with Crippen LogP contribution in [0.5, 0.6) is 0 Å². The van der Waals surface area contributed by atoms with Crippen LogP contribution in [0.4, 0.5) is 5.13 Å². The first-order valence-electron chi connectivity index (χ1n) is 8.13. The summed E-state index contributed by atoms with van der Waals surface area (Å²) in [6.45, 7) is 4.03. The van der Waals surface area contributed by atoms with Crippen molar-refractivity contribution in [3.8, 4) is 0 Å². The molecule has 0 radical (unpaired) electrons. The quantitative estimate of drug-likeness (QED) is 0.395. The van der Waals surface area contributed by atoms with Crippen LogP contribution in [0.2, 0.25) is 0 Å². The molecule has 2 heterocycles. The Morgan fingerprint density at radius 3 is 2.56 bits per heavy atom. The third-order valence-corrected chi connectivity index (χ3v) is 5.09. The highest BCUT2D eigenvalue weighted by molar-refractivity contribution is 14.0. The molecule has 1 aromatic heterocycles. The molecule has 136 valence electrons. The maximum atomic E-state index is 9.61. The summed E-state index contributed by atoms with van der Waals surface area (Å²) in [7, 11) is 0.